The third kappa shape index (κ3) is 3.79. The Morgan fingerprint density at radius 1 is 1.23 bits per heavy atom. The van der Waals surface area contributed by atoms with E-state index in [9.17, 15) is 4.79 Å². The van der Waals surface area contributed by atoms with E-state index in [1.54, 1.807) is 0 Å². The van der Waals surface area contributed by atoms with Crippen LogP contribution in [-0.4, -0.2) is 60.5 Å². The highest BCUT2D eigenvalue weighted by Gasteiger charge is 2.28. The van der Waals surface area contributed by atoms with Gasteiger partial charge < -0.3 is 25.4 Å². The van der Waals surface area contributed by atoms with Gasteiger partial charge in [0.1, 0.15) is 5.69 Å². The van der Waals surface area contributed by atoms with Gasteiger partial charge >= 0.3 is 0 Å². The Bertz CT molecular complexity index is 1040. The number of aromatic nitrogens is 2. The van der Waals surface area contributed by atoms with Gasteiger partial charge in [0.25, 0.3) is 5.91 Å². The van der Waals surface area contributed by atoms with Crippen molar-refractivity contribution < 1.29 is 4.79 Å². The fourth-order valence-corrected chi connectivity index (χ4v) is 4.19. The Hall–Kier alpha value is -3.22. The van der Waals surface area contributed by atoms with E-state index in [2.05, 4.69) is 46.9 Å². The summed E-state index contributed by atoms with van der Waals surface area (Å²) in [6, 6.07) is 12.0. The molecular formula is C23H30N6O. The summed E-state index contributed by atoms with van der Waals surface area (Å²) in [6.45, 7) is 4.53. The normalized spacial score (nSPS) is 14.8. The van der Waals surface area contributed by atoms with E-state index < -0.39 is 0 Å². The Labute approximate surface area is 177 Å². The van der Waals surface area contributed by atoms with E-state index in [-0.39, 0.29) is 5.91 Å². The molecule has 0 unspecified atom stereocenters. The number of pyridine rings is 1. The minimum atomic E-state index is 0.0510. The maximum atomic E-state index is 13.0. The number of carbonyl (C=O) groups is 1. The minimum absolute atomic E-state index is 0.0510. The van der Waals surface area contributed by atoms with E-state index in [0.29, 0.717) is 17.4 Å². The number of nitrogens with zero attached hydrogens (tertiary/aromatic N) is 4. The van der Waals surface area contributed by atoms with Crippen LogP contribution in [0.15, 0.2) is 42.6 Å². The molecule has 3 aromatic rings. The van der Waals surface area contributed by atoms with Crippen molar-refractivity contribution in [1.82, 2.24) is 14.9 Å². The van der Waals surface area contributed by atoms with Crippen LogP contribution < -0.4 is 15.5 Å². The van der Waals surface area contributed by atoms with Crippen LogP contribution in [0.25, 0.3) is 10.9 Å². The number of hydrogen-bond donors (Lipinski definition) is 2. The molecule has 7 nitrogen and oxygen atoms in total. The van der Waals surface area contributed by atoms with Crippen LogP contribution in [0.2, 0.25) is 0 Å². The quantitative estimate of drug-likeness (QED) is 0.635. The van der Waals surface area contributed by atoms with Gasteiger partial charge in [-0.1, -0.05) is 0 Å². The highest BCUT2D eigenvalue weighted by molar-refractivity contribution is 5.98. The number of piperidine rings is 1. The van der Waals surface area contributed by atoms with Crippen molar-refractivity contribution in [2.75, 3.05) is 49.3 Å². The van der Waals surface area contributed by atoms with Crippen molar-refractivity contribution in [2.45, 2.75) is 25.8 Å². The Kier molecular flexibility index (Phi) is 5.53. The Balaban J connectivity index is 1.44. The summed E-state index contributed by atoms with van der Waals surface area (Å²) in [4.78, 5) is 27.3. The fraction of sp³-hybridized carbons (Fsp3) is 0.391. The zero-order valence-electron chi connectivity index (χ0n) is 17.9. The van der Waals surface area contributed by atoms with Crippen LogP contribution >= 0.6 is 0 Å². The zero-order valence-corrected chi connectivity index (χ0v) is 17.9. The summed E-state index contributed by atoms with van der Waals surface area (Å²) in [5, 5.41) is 0.968. The molecule has 1 aliphatic rings. The number of rotatable bonds is 5. The predicted octanol–water partition coefficient (Wildman–Crippen LogP) is 3.34. The summed E-state index contributed by atoms with van der Waals surface area (Å²) in [6.07, 6.45) is 3.68. The summed E-state index contributed by atoms with van der Waals surface area (Å²) >= 11 is 0. The molecule has 0 bridgehead atoms. The molecule has 1 saturated heterocycles. The van der Waals surface area contributed by atoms with Crippen molar-refractivity contribution in [1.29, 1.82) is 0 Å². The first-order valence-electron chi connectivity index (χ1n) is 10.5. The van der Waals surface area contributed by atoms with Gasteiger partial charge in [-0.3, -0.25) is 4.79 Å². The lowest BCUT2D eigenvalue weighted by atomic mass is 10.0. The van der Waals surface area contributed by atoms with Crippen LogP contribution in [-0.2, 0) is 0 Å². The van der Waals surface area contributed by atoms with E-state index >= 15 is 0 Å². The van der Waals surface area contributed by atoms with Crippen LogP contribution in [0.1, 0.15) is 30.3 Å². The van der Waals surface area contributed by atoms with Gasteiger partial charge in [-0.2, -0.15) is 0 Å². The lowest BCUT2D eigenvalue weighted by Gasteiger charge is -2.38. The third-order valence-corrected chi connectivity index (χ3v) is 6.16. The average molecular weight is 407 g/mol. The van der Waals surface area contributed by atoms with Crippen LogP contribution in [0.3, 0.4) is 0 Å². The largest absolute Gasteiger partial charge is 0.399 e. The number of fused-ring (bicyclic) bond motifs is 1. The van der Waals surface area contributed by atoms with E-state index in [1.807, 2.05) is 41.4 Å². The number of benzene rings is 1. The number of likely N-dealkylation sites (tertiary alicyclic amines) is 1. The molecule has 3 heterocycles. The van der Waals surface area contributed by atoms with Crippen LogP contribution in [0, 0.1) is 0 Å². The number of amides is 1. The molecule has 0 spiro atoms. The zero-order chi connectivity index (χ0) is 21.3. The highest BCUT2D eigenvalue weighted by atomic mass is 16.2. The molecule has 4 rings (SSSR count). The van der Waals surface area contributed by atoms with Gasteiger partial charge in [-0.05, 0) is 56.2 Å². The Morgan fingerprint density at radius 2 is 2.00 bits per heavy atom. The standard InChI is InChI=1S/C23H30N6O/c1-4-27(2)21-6-5-11-25-22(21)28(3)18-9-12-29(13-10-18)23(30)20-15-16-14-17(24)7-8-19(16)26-20/h5-8,11,14-15,18,26H,4,9-10,12-13,24H2,1-3H3. The molecule has 3 N–H and O–H groups in total. The number of nitrogens with two attached hydrogens (primary N) is 1. The fourth-order valence-electron chi connectivity index (χ4n) is 4.19. The number of carbonyl (C=O) groups excluding carboxylic acids is 1. The molecule has 30 heavy (non-hydrogen) atoms. The number of anilines is 3. The molecule has 1 amide bonds. The second-order valence-electron chi connectivity index (χ2n) is 8.02. The topological polar surface area (TPSA) is 81.5 Å². The second kappa shape index (κ2) is 8.26. The molecule has 1 fully saturated rings. The molecule has 7 heteroatoms. The number of nitrogen functional groups attached to an aromatic ring is 1. The Morgan fingerprint density at radius 3 is 2.73 bits per heavy atom. The summed E-state index contributed by atoms with van der Waals surface area (Å²) in [7, 11) is 4.20. The van der Waals surface area contributed by atoms with Crippen molar-refractivity contribution in [3.8, 4) is 0 Å². The maximum absolute atomic E-state index is 13.0. The van der Waals surface area contributed by atoms with E-state index in [1.165, 1.54) is 0 Å². The minimum Gasteiger partial charge on any atom is -0.399 e. The van der Waals surface area contributed by atoms with Crippen molar-refractivity contribution in [2.24, 2.45) is 0 Å². The van der Waals surface area contributed by atoms with Gasteiger partial charge in [0.15, 0.2) is 5.82 Å². The molecule has 0 radical (unpaired) electrons. The predicted molar refractivity (Wildman–Crippen MR) is 123 cm³/mol. The van der Waals surface area contributed by atoms with E-state index in [4.69, 9.17) is 5.73 Å². The first-order chi connectivity index (χ1) is 14.5. The van der Waals surface area contributed by atoms with Gasteiger partial charge in [0, 0.05) is 62.6 Å². The molecule has 0 atom stereocenters. The SMILES string of the molecule is CCN(C)c1cccnc1N(C)C1CCN(C(=O)c2cc3cc(N)ccc3[nH]2)CC1. The van der Waals surface area contributed by atoms with Gasteiger partial charge in [-0.15, -0.1) is 0 Å². The first-order valence-corrected chi connectivity index (χ1v) is 10.5. The smallest absolute Gasteiger partial charge is 0.270 e. The number of nitrogens with one attached hydrogen (secondary N) is 1. The molecule has 2 aromatic heterocycles. The monoisotopic (exact) mass is 406 g/mol. The van der Waals surface area contributed by atoms with Gasteiger partial charge in [-0.25, -0.2) is 4.98 Å². The van der Waals surface area contributed by atoms with Crippen molar-refractivity contribution in [3.63, 3.8) is 0 Å². The highest BCUT2D eigenvalue weighted by Crippen LogP contribution is 2.29. The van der Waals surface area contributed by atoms with Crippen LogP contribution in [0.5, 0.6) is 0 Å². The average Bonchev–Trinajstić information content (AvgIpc) is 3.21. The molecule has 1 aliphatic heterocycles. The molecule has 158 valence electrons. The lowest BCUT2D eigenvalue weighted by Crippen LogP contribution is -2.46. The number of hydrogen-bond acceptors (Lipinski definition) is 5. The lowest BCUT2D eigenvalue weighted by molar-refractivity contribution is 0.0708. The van der Waals surface area contributed by atoms with Crippen molar-refractivity contribution >= 4 is 34.0 Å². The third-order valence-electron chi connectivity index (χ3n) is 6.16. The molecular weight excluding hydrogens is 376 g/mol. The molecule has 1 aromatic carbocycles. The second-order valence-corrected chi connectivity index (χ2v) is 8.02. The van der Waals surface area contributed by atoms with E-state index in [0.717, 1.165) is 54.9 Å². The van der Waals surface area contributed by atoms with Crippen LogP contribution in [0.4, 0.5) is 17.2 Å². The number of H-pyrrole nitrogens is 1. The molecule has 0 saturated carbocycles. The first kappa shape index (κ1) is 20.1. The van der Waals surface area contributed by atoms with Crippen molar-refractivity contribution in [3.05, 3.63) is 48.3 Å². The summed E-state index contributed by atoms with van der Waals surface area (Å²) in [5.74, 6) is 1.05. The molecule has 0 aliphatic carbocycles. The summed E-state index contributed by atoms with van der Waals surface area (Å²) in [5.41, 5.74) is 9.26. The maximum Gasteiger partial charge on any atom is 0.270 e. The summed E-state index contributed by atoms with van der Waals surface area (Å²) < 4.78 is 0. The van der Waals surface area contributed by atoms with Gasteiger partial charge in [0.05, 0.1) is 5.69 Å². The van der Waals surface area contributed by atoms with Gasteiger partial charge in [0.2, 0.25) is 0 Å². The number of aromatic amines is 1.